The van der Waals surface area contributed by atoms with Crippen LogP contribution in [0.4, 0.5) is 11.4 Å². The third-order valence-corrected chi connectivity index (χ3v) is 6.35. The van der Waals surface area contributed by atoms with Gasteiger partial charge in [-0.25, -0.2) is 8.42 Å². The Labute approximate surface area is 192 Å². The van der Waals surface area contributed by atoms with E-state index in [0.717, 1.165) is 4.31 Å². The average molecular weight is 469 g/mol. The van der Waals surface area contributed by atoms with Crippen LogP contribution in [0.1, 0.15) is 12.5 Å². The van der Waals surface area contributed by atoms with Crippen molar-refractivity contribution in [3.63, 3.8) is 0 Å². The number of hydrogen-bond acceptors (Lipinski definition) is 6. The third kappa shape index (κ3) is 6.61. The number of anilines is 2. The van der Waals surface area contributed by atoms with Crippen molar-refractivity contribution >= 4 is 33.2 Å². The van der Waals surface area contributed by atoms with Crippen LogP contribution in [0, 0.1) is 0 Å². The molecular weight excluding hydrogens is 444 g/mol. The molecule has 33 heavy (non-hydrogen) atoms. The third-order valence-electron chi connectivity index (χ3n) is 4.58. The zero-order valence-corrected chi connectivity index (χ0v) is 19.0. The number of amides is 2. The second kappa shape index (κ2) is 10.7. The summed E-state index contributed by atoms with van der Waals surface area (Å²) in [5, 5.41) is 5.31. The lowest BCUT2D eigenvalue weighted by molar-refractivity contribution is -0.116. The SMILES string of the molecule is COc1ccc(CN(CC(=O)Nc2cccc(NC(C)=O)c2)S(=O)(=O)c2cccnc2)cc1. The molecule has 0 saturated heterocycles. The maximum atomic E-state index is 13.3. The molecule has 10 heteroatoms. The molecule has 0 fully saturated rings. The van der Waals surface area contributed by atoms with E-state index in [1.165, 1.54) is 31.5 Å². The van der Waals surface area contributed by atoms with Crippen LogP contribution in [0.5, 0.6) is 5.75 Å². The molecule has 1 aromatic heterocycles. The van der Waals surface area contributed by atoms with Crippen LogP contribution in [-0.2, 0) is 26.2 Å². The fraction of sp³-hybridized carbons (Fsp3) is 0.174. The van der Waals surface area contributed by atoms with Crippen molar-refractivity contribution in [2.75, 3.05) is 24.3 Å². The minimum atomic E-state index is -4.00. The van der Waals surface area contributed by atoms with Crippen LogP contribution < -0.4 is 15.4 Å². The number of nitrogens with one attached hydrogen (secondary N) is 2. The fourth-order valence-electron chi connectivity index (χ4n) is 3.05. The molecule has 9 nitrogen and oxygen atoms in total. The monoisotopic (exact) mass is 468 g/mol. The van der Waals surface area contributed by atoms with Crippen molar-refractivity contribution in [1.82, 2.24) is 9.29 Å². The molecule has 2 aromatic carbocycles. The molecule has 0 unspecified atom stereocenters. The molecule has 0 saturated carbocycles. The Morgan fingerprint density at radius 3 is 2.30 bits per heavy atom. The molecule has 0 aliphatic rings. The normalized spacial score (nSPS) is 11.1. The maximum absolute atomic E-state index is 13.3. The Hall–Kier alpha value is -3.76. The van der Waals surface area contributed by atoms with E-state index in [2.05, 4.69) is 15.6 Å². The second-order valence-corrected chi connectivity index (χ2v) is 9.06. The minimum absolute atomic E-state index is 0.0148. The summed E-state index contributed by atoms with van der Waals surface area (Å²) in [6.07, 6.45) is 2.72. The van der Waals surface area contributed by atoms with Crippen LogP contribution in [0.3, 0.4) is 0 Å². The zero-order chi connectivity index (χ0) is 23.8. The van der Waals surface area contributed by atoms with Gasteiger partial charge in [-0.1, -0.05) is 18.2 Å². The van der Waals surface area contributed by atoms with Crippen LogP contribution in [-0.4, -0.2) is 43.2 Å². The highest BCUT2D eigenvalue weighted by atomic mass is 32.2. The number of rotatable bonds is 9. The first-order valence-corrected chi connectivity index (χ1v) is 11.4. The Bertz CT molecular complexity index is 1220. The first-order valence-electron chi connectivity index (χ1n) is 9.98. The predicted octanol–water partition coefficient (Wildman–Crippen LogP) is 2.88. The minimum Gasteiger partial charge on any atom is -0.497 e. The van der Waals surface area contributed by atoms with Gasteiger partial charge in [0.05, 0.1) is 13.7 Å². The number of hydrogen-bond donors (Lipinski definition) is 2. The molecule has 0 bridgehead atoms. The molecule has 1 heterocycles. The van der Waals surface area contributed by atoms with Gasteiger partial charge in [-0.15, -0.1) is 0 Å². The molecule has 172 valence electrons. The highest BCUT2D eigenvalue weighted by Gasteiger charge is 2.27. The number of ether oxygens (including phenoxy) is 1. The van der Waals surface area contributed by atoms with E-state index in [-0.39, 0.29) is 17.3 Å². The number of pyridine rings is 1. The summed E-state index contributed by atoms with van der Waals surface area (Å²) in [5.74, 6) is -0.139. The standard InChI is InChI=1S/C23H24N4O5S/c1-17(28)25-19-5-3-6-20(13-19)26-23(29)16-27(15-18-8-10-21(32-2)11-9-18)33(30,31)22-7-4-12-24-14-22/h3-14H,15-16H2,1-2H3,(H,25,28)(H,26,29). The first-order chi connectivity index (χ1) is 15.8. The average Bonchev–Trinajstić information content (AvgIpc) is 2.79. The van der Waals surface area contributed by atoms with Gasteiger partial charge in [-0.3, -0.25) is 14.6 Å². The van der Waals surface area contributed by atoms with Crippen molar-refractivity contribution in [3.8, 4) is 5.75 Å². The Kier molecular flexibility index (Phi) is 7.75. The fourth-order valence-corrected chi connectivity index (χ4v) is 4.40. The second-order valence-electron chi connectivity index (χ2n) is 7.12. The molecule has 0 spiro atoms. The van der Waals surface area contributed by atoms with Gasteiger partial charge in [-0.2, -0.15) is 4.31 Å². The molecule has 3 aromatic rings. The van der Waals surface area contributed by atoms with Gasteiger partial charge in [0.1, 0.15) is 10.6 Å². The number of sulfonamides is 1. The van der Waals surface area contributed by atoms with E-state index < -0.39 is 22.5 Å². The largest absolute Gasteiger partial charge is 0.497 e. The van der Waals surface area contributed by atoms with Gasteiger partial charge in [0.25, 0.3) is 0 Å². The lowest BCUT2D eigenvalue weighted by Gasteiger charge is -2.22. The number of nitrogens with zero attached hydrogens (tertiary/aromatic N) is 2. The van der Waals surface area contributed by atoms with E-state index in [9.17, 15) is 18.0 Å². The maximum Gasteiger partial charge on any atom is 0.245 e. The molecule has 2 N–H and O–H groups in total. The van der Waals surface area contributed by atoms with E-state index >= 15 is 0 Å². The zero-order valence-electron chi connectivity index (χ0n) is 18.2. The highest BCUT2D eigenvalue weighted by Crippen LogP contribution is 2.20. The summed E-state index contributed by atoms with van der Waals surface area (Å²) in [6.45, 7) is 0.930. The van der Waals surface area contributed by atoms with Crippen LogP contribution in [0.15, 0.2) is 78.0 Å². The van der Waals surface area contributed by atoms with E-state index in [4.69, 9.17) is 4.74 Å². The number of benzene rings is 2. The van der Waals surface area contributed by atoms with Crippen molar-refractivity contribution < 1.29 is 22.7 Å². The summed E-state index contributed by atoms with van der Waals surface area (Å²) in [6, 6.07) is 16.4. The van der Waals surface area contributed by atoms with E-state index in [1.54, 1.807) is 55.6 Å². The quantitative estimate of drug-likeness (QED) is 0.499. The lowest BCUT2D eigenvalue weighted by atomic mass is 10.2. The topological polar surface area (TPSA) is 118 Å². The Morgan fingerprint density at radius 2 is 1.70 bits per heavy atom. The summed E-state index contributed by atoms with van der Waals surface area (Å²) >= 11 is 0. The Morgan fingerprint density at radius 1 is 1.00 bits per heavy atom. The summed E-state index contributed by atoms with van der Waals surface area (Å²) < 4.78 is 32.7. The Balaban J connectivity index is 1.82. The van der Waals surface area contributed by atoms with Gasteiger partial charge in [0.15, 0.2) is 0 Å². The van der Waals surface area contributed by atoms with Crippen molar-refractivity contribution in [1.29, 1.82) is 0 Å². The van der Waals surface area contributed by atoms with Crippen molar-refractivity contribution in [2.24, 2.45) is 0 Å². The number of carbonyl (C=O) groups is 2. The number of carbonyl (C=O) groups excluding carboxylic acids is 2. The van der Waals surface area contributed by atoms with Gasteiger partial charge >= 0.3 is 0 Å². The smallest absolute Gasteiger partial charge is 0.245 e. The summed E-state index contributed by atoms with van der Waals surface area (Å²) in [5.41, 5.74) is 1.62. The van der Waals surface area contributed by atoms with Crippen molar-refractivity contribution in [3.05, 3.63) is 78.6 Å². The number of aromatic nitrogens is 1. The van der Waals surface area contributed by atoms with Gasteiger partial charge < -0.3 is 15.4 Å². The van der Waals surface area contributed by atoms with Gasteiger partial charge in [-0.05, 0) is 48.0 Å². The molecule has 0 atom stereocenters. The van der Waals surface area contributed by atoms with Crippen LogP contribution in [0.2, 0.25) is 0 Å². The van der Waals surface area contributed by atoms with E-state index in [1.807, 2.05) is 0 Å². The van der Waals surface area contributed by atoms with Gasteiger partial charge in [0, 0.05) is 37.2 Å². The van der Waals surface area contributed by atoms with Crippen LogP contribution >= 0.6 is 0 Å². The molecule has 2 amide bonds. The van der Waals surface area contributed by atoms with E-state index in [0.29, 0.717) is 22.7 Å². The molecule has 0 aliphatic carbocycles. The predicted molar refractivity (Wildman–Crippen MR) is 124 cm³/mol. The molecular formula is C23H24N4O5S. The molecule has 0 aliphatic heterocycles. The summed E-state index contributed by atoms with van der Waals surface area (Å²) in [7, 11) is -2.46. The van der Waals surface area contributed by atoms with Gasteiger partial charge in [0.2, 0.25) is 21.8 Å². The molecule has 0 radical (unpaired) electrons. The lowest BCUT2D eigenvalue weighted by Crippen LogP contribution is -2.37. The number of methoxy groups -OCH3 is 1. The van der Waals surface area contributed by atoms with Crippen molar-refractivity contribution in [2.45, 2.75) is 18.4 Å². The summed E-state index contributed by atoms with van der Waals surface area (Å²) in [4.78, 5) is 27.9. The molecule has 3 rings (SSSR count). The first kappa shape index (κ1) is 23.9. The van der Waals surface area contributed by atoms with Crippen LogP contribution in [0.25, 0.3) is 0 Å². The highest BCUT2D eigenvalue weighted by molar-refractivity contribution is 7.89.